The van der Waals surface area contributed by atoms with Crippen molar-refractivity contribution in [3.63, 3.8) is 0 Å². The van der Waals surface area contributed by atoms with Crippen molar-refractivity contribution >= 4 is 28.7 Å². The maximum atomic E-state index is 12.7. The van der Waals surface area contributed by atoms with Crippen LogP contribution in [-0.2, 0) is 18.4 Å². The number of fused-ring (bicyclic) bond motifs is 1. The molecule has 2 aromatic heterocycles. The van der Waals surface area contributed by atoms with E-state index in [9.17, 15) is 14.4 Å². The van der Waals surface area contributed by atoms with E-state index in [1.165, 1.54) is 23.4 Å². The number of unbranched alkanes of at least 4 members (excludes halogenated alkanes) is 1. The van der Waals surface area contributed by atoms with Gasteiger partial charge in [0.1, 0.15) is 16.2 Å². The second-order valence-corrected chi connectivity index (χ2v) is 7.88. The summed E-state index contributed by atoms with van der Waals surface area (Å²) >= 11 is 1.19. The van der Waals surface area contributed by atoms with Gasteiger partial charge >= 0.3 is 5.69 Å². The number of thioether (sulfide) groups is 1. The maximum Gasteiger partial charge on any atom is 0.332 e. The van der Waals surface area contributed by atoms with Gasteiger partial charge in [-0.25, -0.2) is 14.8 Å². The minimum absolute atomic E-state index is 0.106. The Morgan fingerprint density at radius 2 is 1.96 bits per heavy atom. The second kappa shape index (κ2) is 9.16. The molecule has 2 aromatic rings. The molecule has 0 aliphatic rings. The van der Waals surface area contributed by atoms with Gasteiger partial charge in [-0.1, -0.05) is 39.0 Å². The molecule has 2 rings (SSSR count). The predicted molar refractivity (Wildman–Crippen MR) is 107 cm³/mol. The lowest BCUT2D eigenvalue weighted by molar-refractivity contribution is -0.118. The van der Waals surface area contributed by atoms with E-state index in [-0.39, 0.29) is 23.0 Å². The zero-order valence-electron chi connectivity index (χ0n) is 16.5. The SMILES string of the molecule is CCCCNC(=O)CSc1nc(C)nc2c1c(=O)n(C)c(=O)n2CC(C)C. The molecule has 148 valence electrons. The van der Waals surface area contributed by atoms with E-state index in [1.54, 1.807) is 6.92 Å². The summed E-state index contributed by atoms with van der Waals surface area (Å²) in [6, 6.07) is 0. The molecule has 0 bridgehead atoms. The molecular weight excluding hydrogens is 366 g/mol. The summed E-state index contributed by atoms with van der Waals surface area (Å²) < 4.78 is 2.59. The minimum Gasteiger partial charge on any atom is -0.355 e. The molecule has 2 heterocycles. The molecule has 8 nitrogen and oxygen atoms in total. The third-order valence-corrected chi connectivity index (χ3v) is 4.98. The van der Waals surface area contributed by atoms with E-state index < -0.39 is 11.2 Å². The van der Waals surface area contributed by atoms with Crippen LogP contribution in [0.1, 0.15) is 39.4 Å². The number of amides is 1. The highest BCUT2D eigenvalue weighted by Gasteiger charge is 2.19. The molecular formula is C18H27N5O3S. The molecule has 0 radical (unpaired) electrons. The van der Waals surface area contributed by atoms with Crippen LogP contribution in [-0.4, -0.2) is 37.3 Å². The zero-order chi connectivity index (χ0) is 20.1. The van der Waals surface area contributed by atoms with Crippen LogP contribution in [0.4, 0.5) is 0 Å². The Morgan fingerprint density at radius 3 is 2.59 bits per heavy atom. The average molecular weight is 394 g/mol. The summed E-state index contributed by atoms with van der Waals surface area (Å²) in [5.74, 6) is 0.715. The van der Waals surface area contributed by atoms with E-state index in [4.69, 9.17) is 0 Å². The zero-order valence-corrected chi connectivity index (χ0v) is 17.4. The van der Waals surface area contributed by atoms with Crippen LogP contribution >= 0.6 is 11.8 Å². The van der Waals surface area contributed by atoms with Crippen LogP contribution in [0.3, 0.4) is 0 Å². The number of aromatic nitrogens is 4. The van der Waals surface area contributed by atoms with Crippen LogP contribution in [0.2, 0.25) is 0 Å². The lowest BCUT2D eigenvalue weighted by Crippen LogP contribution is -2.39. The quantitative estimate of drug-likeness (QED) is 0.414. The Kier molecular flexibility index (Phi) is 7.18. The number of nitrogens with zero attached hydrogens (tertiary/aromatic N) is 4. The van der Waals surface area contributed by atoms with Gasteiger partial charge in [0.15, 0.2) is 5.65 Å². The average Bonchev–Trinajstić information content (AvgIpc) is 2.61. The monoisotopic (exact) mass is 393 g/mol. The molecule has 0 unspecified atom stereocenters. The lowest BCUT2D eigenvalue weighted by atomic mass is 10.2. The second-order valence-electron chi connectivity index (χ2n) is 6.92. The molecule has 0 spiro atoms. The van der Waals surface area contributed by atoms with E-state index >= 15 is 0 Å². The number of aryl methyl sites for hydroxylation is 1. The van der Waals surface area contributed by atoms with Crippen molar-refractivity contribution in [3.05, 3.63) is 26.7 Å². The van der Waals surface area contributed by atoms with E-state index in [0.717, 1.165) is 17.4 Å². The number of hydrogen-bond acceptors (Lipinski definition) is 6. The Bertz CT molecular complexity index is 949. The van der Waals surface area contributed by atoms with E-state index in [1.807, 2.05) is 13.8 Å². The van der Waals surface area contributed by atoms with Crippen molar-refractivity contribution in [2.45, 2.75) is 52.1 Å². The summed E-state index contributed by atoms with van der Waals surface area (Å²) in [6.07, 6.45) is 1.93. The first-order chi connectivity index (χ1) is 12.8. The molecule has 27 heavy (non-hydrogen) atoms. The third kappa shape index (κ3) is 4.97. The highest BCUT2D eigenvalue weighted by Crippen LogP contribution is 2.22. The highest BCUT2D eigenvalue weighted by molar-refractivity contribution is 8.00. The summed E-state index contributed by atoms with van der Waals surface area (Å²) in [5.41, 5.74) is -0.505. The maximum absolute atomic E-state index is 12.7. The van der Waals surface area contributed by atoms with Gasteiger partial charge in [-0.15, -0.1) is 0 Å². The van der Waals surface area contributed by atoms with Crippen molar-refractivity contribution in [3.8, 4) is 0 Å². The van der Waals surface area contributed by atoms with Crippen LogP contribution in [0.5, 0.6) is 0 Å². The molecule has 0 saturated carbocycles. The van der Waals surface area contributed by atoms with Gasteiger partial charge in [0.05, 0.1) is 5.75 Å². The molecule has 0 aromatic carbocycles. The van der Waals surface area contributed by atoms with Crippen LogP contribution < -0.4 is 16.6 Å². The summed E-state index contributed by atoms with van der Waals surface area (Å²) in [7, 11) is 1.45. The van der Waals surface area contributed by atoms with Crippen molar-refractivity contribution in [2.24, 2.45) is 13.0 Å². The number of carbonyl (C=O) groups excluding carboxylic acids is 1. The molecule has 0 atom stereocenters. The number of nitrogens with one attached hydrogen (secondary N) is 1. The van der Waals surface area contributed by atoms with Crippen LogP contribution in [0.15, 0.2) is 14.6 Å². The topological polar surface area (TPSA) is 98.9 Å². The van der Waals surface area contributed by atoms with E-state index in [2.05, 4.69) is 22.2 Å². The normalized spacial score (nSPS) is 11.3. The summed E-state index contributed by atoms with van der Waals surface area (Å²) in [4.78, 5) is 46.0. The van der Waals surface area contributed by atoms with Gasteiger partial charge in [-0.2, -0.15) is 0 Å². The van der Waals surface area contributed by atoms with Gasteiger partial charge in [-0.3, -0.25) is 18.7 Å². The van der Waals surface area contributed by atoms with E-state index in [0.29, 0.717) is 29.6 Å². The molecule has 0 aliphatic heterocycles. The fraction of sp³-hybridized carbons (Fsp3) is 0.611. The van der Waals surface area contributed by atoms with Gasteiger partial charge in [-0.05, 0) is 19.3 Å². The Balaban J connectivity index is 2.48. The van der Waals surface area contributed by atoms with Crippen molar-refractivity contribution in [1.82, 2.24) is 24.4 Å². The first kappa shape index (κ1) is 21.1. The fourth-order valence-electron chi connectivity index (χ4n) is 2.67. The molecule has 0 aliphatic carbocycles. The Morgan fingerprint density at radius 1 is 1.26 bits per heavy atom. The van der Waals surface area contributed by atoms with Gasteiger partial charge in [0.2, 0.25) is 5.91 Å². The largest absolute Gasteiger partial charge is 0.355 e. The predicted octanol–water partition coefficient (Wildman–Crippen LogP) is 1.46. The Hall–Kier alpha value is -2.16. The molecule has 1 amide bonds. The number of carbonyl (C=O) groups is 1. The molecule has 9 heteroatoms. The first-order valence-electron chi connectivity index (χ1n) is 9.13. The Labute approximate surface area is 162 Å². The summed E-state index contributed by atoms with van der Waals surface area (Å²) in [6.45, 7) is 8.84. The number of rotatable bonds is 8. The minimum atomic E-state index is -0.441. The van der Waals surface area contributed by atoms with Gasteiger partial charge in [0.25, 0.3) is 5.56 Å². The molecule has 0 fully saturated rings. The highest BCUT2D eigenvalue weighted by atomic mass is 32.2. The van der Waals surface area contributed by atoms with Gasteiger partial charge in [0, 0.05) is 20.1 Å². The van der Waals surface area contributed by atoms with Crippen molar-refractivity contribution in [1.29, 1.82) is 0 Å². The molecule has 0 saturated heterocycles. The molecule has 1 N–H and O–H groups in total. The lowest BCUT2D eigenvalue weighted by Gasteiger charge is -2.15. The summed E-state index contributed by atoms with van der Waals surface area (Å²) in [5, 5.41) is 3.57. The van der Waals surface area contributed by atoms with Gasteiger partial charge < -0.3 is 5.32 Å². The number of hydrogen-bond donors (Lipinski definition) is 1. The standard InChI is InChI=1S/C18H27N5O3S/c1-6-7-8-19-13(24)10-27-16-14-15(20-12(4)21-16)23(9-11(2)3)18(26)22(5)17(14)25/h11H,6-10H2,1-5H3,(H,19,24). The fourth-order valence-corrected chi connectivity index (χ4v) is 3.55. The van der Waals surface area contributed by atoms with Crippen molar-refractivity contribution < 1.29 is 4.79 Å². The van der Waals surface area contributed by atoms with Crippen LogP contribution in [0, 0.1) is 12.8 Å². The third-order valence-electron chi connectivity index (χ3n) is 4.00. The van der Waals surface area contributed by atoms with Crippen molar-refractivity contribution in [2.75, 3.05) is 12.3 Å². The smallest absolute Gasteiger partial charge is 0.332 e. The van der Waals surface area contributed by atoms with Crippen LogP contribution in [0.25, 0.3) is 11.0 Å². The first-order valence-corrected chi connectivity index (χ1v) is 10.1.